The molecule has 5 unspecified atom stereocenters. The maximum Gasteiger partial charge on any atom is 0.302 e. The van der Waals surface area contributed by atoms with Gasteiger partial charge in [0.2, 0.25) is 0 Å². The molecular formula is C13H25NO7. The summed E-state index contributed by atoms with van der Waals surface area (Å²) in [6, 6.07) is -0.883. The standard InChI is InChI=1S/C13H25NO7/c1-8(16)20-7-9-11(17)12(18)10(14)13(21-9)19-6-4-2-3-5-15/h9-13,15,17-18H,2-7,14H2,1H3. The second kappa shape index (κ2) is 9.29. The lowest BCUT2D eigenvalue weighted by Crippen LogP contribution is -2.62. The first-order valence-corrected chi connectivity index (χ1v) is 7.10. The first-order valence-electron chi connectivity index (χ1n) is 7.10. The van der Waals surface area contributed by atoms with Gasteiger partial charge in [0.15, 0.2) is 6.29 Å². The van der Waals surface area contributed by atoms with E-state index >= 15 is 0 Å². The minimum Gasteiger partial charge on any atom is -0.463 e. The van der Waals surface area contributed by atoms with Crippen LogP contribution in [-0.4, -0.2) is 71.8 Å². The normalized spacial score (nSPS) is 32.9. The summed E-state index contributed by atoms with van der Waals surface area (Å²) in [4.78, 5) is 10.8. The first-order chi connectivity index (χ1) is 9.97. The lowest BCUT2D eigenvalue weighted by molar-refractivity contribution is -0.267. The van der Waals surface area contributed by atoms with Crippen LogP contribution in [0.5, 0.6) is 0 Å². The predicted octanol–water partition coefficient (Wildman–Crippen LogP) is -1.50. The first kappa shape index (κ1) is 18.3. The van der Waals surface area contributed by atoms with Gasteiger partial charge in [0, 0.05) is 20.1 Å². The fourth-order valence-corrected chi connectivity index (χ4v) is 2.03. The van der Waals surface area contributed by atoms with E-state index in [1.807, 2.05) is 0 Å². The van der Waals surface area contributed by atoms with Crippen molar-refractivity contribution in [2.24, 2.45) is 5.73 Å². The van der Waals surface area contributed by atoms with Gasteiger partial charge in [0.05, 0.1) is 6.04 Å². The Kier molecular flexibility index (Phi) is 8.09. The molecule has 21 heavy (non-hydrogen) atoms. The Morgan fingerprint density at radius 3 is 2.57 bits per heavy atom. The highest BCUT2D eigenvalue weighted by atomic mass is 16.7. The van der Waals surface area contributed by atoms with Gasteiger partial charge < -0.3 is 35.3 Å². The van der Waals surface area contributed by atoms with Crippen LogP contribution in [0.15, 0.2) is 0 Å². The van der Waals surface area contributed by atoms with Gasteiger partial charge in [-0.3, -0.25) is 4.79 Å². The SMILES string of the molecule is CC(=O)OCC1OC(OCCCCCO)C(N)C(O)C1O. The molecule has 0 aliphatic carbocycles. The Morgan fingerprint density at radius 1 is 1.24 bits per heavy atom. The zero-order valence-electron chi connectivity index (χ0n) is 12.2. The van der Waals surface area contributed by atoms with E-state index in [9.17, 15) is 15.0 Å². The second-order valence-electron chi connectivity index (χ2n) is 5.06. The lowest BCUT2D eigenvalue weighted by atomic mass is 9.98. The van der Waals surface area contributed by atoms with Crippen LogP contribution >= 0.6 is 0 Å². The van der Waals surface area contributed by atoms with Crippen LogP contribution in [0, 0.1) is 0 Å². The van der Waals surface area contributed by atoms with E-state index in [0.29, 0.717) is 13.0 Å². The Morgan fingerprint density at radius 2 is 1.95 bits per heavy atom. The van der Waals surface area contributed by atoms with Gasteiger partial charge in [-0.25, -0.2) is 0 Å². The average molecular weight is 307 g/mol. The predicted molar refractivity (Wildman–Crippen MR) is 72.2 cm³/mol. The van der Waals surface area contributed by atoms with E-state index < -0.39 is 36.6 Å². The van der Waals surface area contributed by atoms with E-state index in [0.717, 1.165) is 12.8 Å². The van der Waals surface area contributed by atoms with Gasteiger partial charge in [-0.05, 0) is 19.3 Å². The van der Waals surface area contributed by atoms with Gasteiger partial charge in [-0.2, -0.15) is 0 Å². The largest absolute Gasteiger partial charge is 0.463 e. The zero-order valence-corrected chi connectivity index (χ0v) is 12.2. The van der Waals surface area contributed by atoms with Crippen LogP contribution in [-0.2, 0) is 19.0 Å². The summed E-state index contributed by atoms with van der Waals surface area (Å²) in [5.74, 6) is -0.503. The molecule has 0 aromatic carbocycles. The molecule has 0 bridgehead atoms. The Balaban J connectivity index is 2.44. The van der Waals surface area contributed by atoms with E-state index in [-0.39, 0.29) is 13.2 Å². The van der Waals surface area contributed by atoms with Crippen molar-refractivity contribution in [1.29, 1.82) is 0 Å². The monoisotopic (exact) mass is 307 g/mol. The topological polar surface area (TPSA) is 131 Å². The molecule has 0 aromatic heterocycles. The Bertz CT molecular complexity index is 315. The second-order valence-corrected chi connectivity index (χ2v) is 5.06. The van der Waals surface area contributed by atoms with Crippen molar-refractivity contribution in [3.05, 3.63) is 0 Å². The number of hydrogen-bond donors (Lipinski definition) is 4. The number of nitrogens with two attached hydrogens (primary N) is 1. The molecule has 1 heterocycles. The van der Waals surface area contributed by atoms with Crippen LogP contribution in [0.4, 0.5) is 0 Å². The molecule has 1 aliphatic rings. The number of esters is 1. The van der Waals surface area contributed by atoms with Crippen LogP contribution in [0.3, 0.4) is 0 Å². The van der Waals surface area contributed by atoms with Crippen LogP contribution in [0.1, 0.15) is 26.2 Å². The summed E-state index contributed by atoms with van der Waals surface area (Å²) >= 11 is 0. The van der Waals surface area contributed by atoms with Crippen LogP contribution in [0.2, 0.25) is 0 Å². The van der Waals surface area contributed by atoms with Crippen molar-refractivity contribution in [3.63, 3.8) is 0 Å². The van der Waals surface area contributed by atoms with Crippen molar-refractivity contribution in [1.82, 2.24) is 0 Å². The molecule has 1 rings (SSSR count). The van der Waals surface area contributed by atoms with Crippen molar-refractivity contribution in [2.75, 3.05) is 19.8 Å². The molecule has 8 nitrogen and oxygen atoms in total. The molecule has 0 amide bonds. The number of carbonyl (C=O) groups is 1. The Hall–Kier alpha value is -0.770. The molecule has 124 valence electrons. The van der Waals surface area contributed by atoms with Gasteiger partial charge in [-0.15, -0.1) is 0 Å². The average Bonchev–Trinajstić information content (AvgIpc) is 2.45. The molecule has 1 aliphatic heterocycles. The van der Waals surface area contributed by atoms with Crippen molar-refractivity contribution < 1.29 is 34.3 Å². The molecule has 0 saturated carbocycles. The molecule has 0 aromatic rings. The summed E-state index contributed by atoms with van der Waals surface area (Å²) in [5, 5.41) is 28.4. The number of aliphatic hydroxyl groups is 3. The fraction of sp³-hybridized carbons (Fsp3) is 0.923. The lowest BCUT2D eigenvalue weighted by Gasteiger charge is -2.40. The molecule has 5 atom stereocenters. The van der Waals surface area contributed by atoms with E-state index in [4.69, 9.17) is 25.1 Å². The van der Waals surface area contributed by atoms with Gasteiger partial charge in [0.25, 0.3) is 0 Å². The molecule has 0 spiro atoms. The molecule has 0 radical (unpaired) electrons. The van der Waals surface area contributed by atoms with Crippen LogP contribution < -0.4 is 5.73 Å². The molecule has 8 heteroatoms. The van der Waals surface area contributed by atoms with Crippen molar-refractivity contribution >= 4 is 5.97 Å². The van der Waals surface area contributed by atoms with Gasteiger partial charge >= 0.3 is 5.97 Å². The highest BCUT2D eigenvalue weighted by Gasteiger charge is 2.43. The quantitative estimate of drug-likeness (QED) is 0.315. The van der Waals surface area contributed by atoms with Gasteiger partial charge in [-0.1, -0.05) is 0 Å². The highest BCUT2D eigenvalue weighted by molar-refractivity contribution is 5.65. The fourth-order valence-electron chi connectivity index (χ4n) is 2.03. The van der Waals surface area contributed by atoms with Crippen molar-refractivity contribution in [2.45, 2.75) is 56.8 Å². The number of unbranched alkanes of at least 4 members (excludes halogenated alkanes) is 2. The summed E-state index contributed by atoms with van der Waals surface area (Å²) < 4.78 is 15.7. The molecule has 1 fully saturated rings. The number of carbonyl (C=O) groups excluding carboxylic acids is 1. The summed E-state index contributed by atoms with van der Waals surface area (Å²) in [6.07, 6.45) is -2.00. The van der Waals surface area contributed by atoms with E-state index in [1.54, 1.807) is 0 Å². The number of ether oxygens (including phenoxy) is 3. The number of aliphatic hydroxyl groups excluding tert-OH is 3. The third-order valence-electron chi connectivity index (χ3n) is 3.28. The minimum absolute atomic E-state index is 0.134. The molecular weight excluding hydrogens is 282 g/mol. The van der Waals surface area contributed by atoms with Crippen molar-refractivity contribution in [3.8, 4) is 0 Å². The maximum absolute atomic E-state index is 10.8. The molecule has 1 saturated heterocycles. The summed E-state index contributed by atoms with van der Waals surface area (Å²) in [7, 11) is 0. The van der Waals surface area contributed by atoms with Crippen LogP contribution in [0.25, 0.3) is 0 Å². The number of hydrogen-bond acceptors (Lipinski definition) is 8. The summed E-state index contributed by atoms with van der Waals surface area (Å²) in [5.41, 5.74) is 5.76. The third-order valence-corrected chi connectivity index (χ3v) is 3.28. The van der Waals surface area contributed by atoms with Gasteiger partial charge in [0.1, 0.15) is 24.9 Å². The maximum atomic E-state index is 10.8. The molecule has 5 N–H and O–H groups in total. The third kappa shape index (κ3) is 5.85. The van der Waals surface area contributed by atoms with E-state index in [2.05, 4.69) is 0 Å². The Labute approximate surface area is 123 Å². The van der Waals surface area contributed by atoms with E-state index in [1.165, 1.54) is 6.92 Å². The minimum atomic E-state index is -1.24. The highest BCUT2D eigenvalue weighted by Crippen LogP contribution is 2.21. The summed E-state index contributed by atoms with van der Waals surface area (Å²) in [6.45, 7) is 1.56. The smallest absolute Gasteiger partial charge is 0.302 e. The zero-order chi connectivity index (χ0) is 15.8. The number of rotatable bonds is 8.